The summed E-state index contributed by atoms with van der Waals surface area (Å²) in [5.74, 6) is 0.0906. The second kappa shape index (κ2) is 5.13. The minimum Gasteiger partial charge on any atom is -0.395 e. The standard InChI is InChI=1S/C16H19N3O/c17-16(18)14-7-8-15(13-4-2-1-3-12(13)14)19(9-10-20)11-5-6-11/h1-4,7-8,11,20H,5-6,9-10H2,(H3,17,18). The van der Waals surface area contributed by atoms with E-state index in [1.807, 2.05) is 30.3 Å². The SMILES string of the molecule is N=C(N)c1ccc(N(CCO)C2CC2)c2ccccc12. The fraction of sp³-hybridized carbons (Fsp3) is 0.312. The van der Waals surface area contributed by atoms with Crippen LogP contribution in [-0.2, 0) is 0 Å². The average molecular weight is 269 g/mol. The van der Waals surface area contributed by atoms with Gasteiger partial charge in [-0.05, 0) is 30.4 Å². The number of aliphatic hydroxyl groups excluding tert-OH is 1. The van der Waals surface area contributed by atoms with E-state index in [0.29, 0.717) is 12.6 Å². The first kappa shape index (κ1) is 12.9. The average Bonchev–Trinajstić information content (AvgIpc) is 3.28. The van der Waals surface area contributed by atoms with E-state index in [-0.39, 0.29) is 12.4 Å². The van der Waals surface area contributed by atoms with Crippen LogP contribution in [0.3, 0.4) is 0 Å². The van der Waals surface area contributed by atoms with Crippen molar-refractivity contribution in [2.45, 2.75) is 18.9 Å². The molecule has 2 aromatic rings. The number of amidine groups is 1. The minimum absolute atomic E-state index is 0.0906. The number of nitrogens with zero attached hydrogens (tertiary/aromatic N) is 1. The summed E-state index contributed by atoms with van der Waals surface area (Å²) in [4.78, 5) is 2.27. The Hall–Kier alpha value is -2.07. The van der Waals surface area contributed by atoms with Gasteiger partial charge < -0.3 is 15.7 Å². The summed E-state index contributed by atoms with van der Waals surface area (Å²) in [7, 11) is 0. The van der Waals surface area contributed by atoms with E-state index in [1.165, 1.54) is 12.8 Å². The predicted octanol–water partition coefficient (Wildman–Crippen LogP) is 2.08. The van der Waals surface area contributed by atoms with Crippen molar-refractivity contribution >= 4 is 22.3 Å². The molecule has 0 spiro atoms. The highest BCUT2D eigenvalue weighted by Crippen LogP contribution is 2.36. The Morgan fingerprint density at radius 2 is 1.90 bits per heavy atom. The van der Waals surface area contributed by atoms with Gasteiger partial charge in [0, 0.05) is 29.2 Å². The van der Waals surface area contributed by atoms with E-state index >= 15 is 0 Å². The number of nitrogens with two attached hydrogens (primary N) is 1. The van der Waals surface area contributed by atoms with E-state index in [2.05, 4.69) is 11.0 Å². The van der Waals surface area contributed by atoms with Crippen molar-refractivity contribution in [2.75, 3.05) is 18.1 Å². The number of rotatable bonds is 5. The molecule has 0 radical (unpaired) electrons. The quantitative estimate of drug-likeness (QED) is 0.575. The highest BCUT2D eigenvalue weighted by Gasteiger charge is 2.29. The first-order chi connectivity index (χ1) is 9.72. The number of anilines is 1. The molecular weight excluding hydrogens is 250 g/mol. The molecule has 4 nitrogen and oxygen atoms in total. The summed E-state index contributed by atoms with van der Waals surface area (Å²) in [5, 5.41) is 19.1. The summed E-state index contributed by atoms with van der Waals surface area (Å²) in [6.45, 7) is 0.799. The summed E-state index contributed by atoms with van der Waals surface area (Å²) < 4.78 is 0. The molecule has 1 fully saturated rings. The Bertz CT molecular complexity index is 649. The minimum atomic E-state index is 0.0906. The molecule has 4 heteroatoms. The zero-order valence-electron chi connectivity index (χ0n) is 11.3. The normalized spacial score (nSPS) is 14.4. The maximum atomic E-state index is 9.29. The Morgan fingerprint density at radius 1 is 1.20 bits per heavy atom. The van der Waals surface area contributed by atoms with E-state index in [0.717, 1.165) is 22.0 Å². The Morgan fingerprint density at radius 3 is 2.50 bits per heavy atom. The molecule has 1 aliphatic carbocycles. The molecule has 0 unspecified atom stereocenters. The van der Waals surface area contributed by atoms with Crippen molar-refractivity contribution in [3.63, 3.8) is 0 Å². The van der Waals surface area contributed by atoms with E-state index in [4.69, 9.17) is 11.1 Å². The third-order valence-electron chi connectivity index (χ3n) is 3.83. The molecule has 104 valence electrons. The molecule has 3 rings (SSSR count). The van der Waals surface area contributed by atoms with Crippen LogP contribution < -0.4 is 10.6 Å². The lowest BCUT2D eigenvalue weighted by Crippen LogP contribution is -2.29. The largest absolute Gasteiger partial charge is 0.395 e. The van der Waals surface area contributed by atoms with Crippen LogP contribution in [0.4, 0.5) is 5.69 Å². The highest BCUT2D eigenvalue weighted by molar-refractivity contribution is 6.10. The summed E-state index contributed by atoms with van der Waals surface area (Å²) in [6.07, 6.45) is 2.37. The van der Waals surface area contributed by atoms with Crippen LogP contribution in [-0.4, -0.2) is 30.1 Å². The summed E-state index contributed by atoms with van der Waals surface area (Å²) in [6, 6.07) is 12.5. The Kier molecular flexibility index (Phi) is 3.32. The van der Waals surface area contributed by atoms with Crippen LogP contribution in [0, 0.1) is 5.41 Å². The van der Waals surface area contributed by atoms with Crippen LogP contribution in [0.1, 0.15) is 18.4 Å². The molecule has 2 aromatic carbocycles. The van der Waals surface area contributed by atoms with Gasteiger partial charge in [-0.15, -0.1) is 0 Å². The lowest BCUT2D eigenvalue weighted by molar-refractivity contribution is 0.301. The smallest absolute Gasteiger partial charge is 0.123 e. The number of hydrogen-bond donors (Lipinski definition) is 3. The van der Waals surface area contributed by atoms with Crippen LogP contribution >= 0.6 is 0 Å². The van der Waals surface area contributed by atoms with Crippen molar-refractivity contribution in [1.82, 2.24) is 0 Å². The van der Waals surface area contributed by atoms with Gasteiger partial charge in [0.05, 0.1) is 6.61 Å². The topological polar surface area (TPSA) is 73.3 Å². The molecule has 1 aliphatic rings. The van der Waals surface area contributed by atoms with Crippen molar-refractivity contribution < 1.29 is 5.11 Å². The van der Waals surface area contributed by atoms with Gasteiger partial charge in [-0.1, -0.05) is 24.3 Å². The van der Waals surface area contributed by atoms with Crippen molar-refractivity contribution in [1.29, 1.82) is 5.41 Å². The van der Waals surface area contributed by atoms with Gasteiger partial charge in [-0.3, -0.25) is 5.41 Å². The molecule has 0 saturated heterocycles. The Balaban J connectivity index is 2.16. The fourth-order valence-electron chi connectivity index (χ4n) is 2.76. The van der Waals surface area contributed by atoms with Crippen LogP contribution in [0.15, 0.2) is 36.4 Å². The summed E-state index contributed by atoms with van der Waals surface area (Å²) in [5.41, 5.74) is 7.56. The number of hydrogen-bond acceptors (Lipinski definition) is 3. The third-order valence-corrected chi connectivity index (χ3v) is 3.83. The number of fused-ring (bicyclic) bond motifs is 1. The van der Waals surface area contributed by atoms with Crippen LogP contribution in [0.5, 0.6) is 0 Å². The van der Waals surface area contributed by atoms with Gasteiger partial charge in [0.1, 0.15) is 5.84 Å². The number of aliphatic hydroxyl groups is 1. The molecule has 4 N–H and O–H groups in total. The second-order valence-corrected chi connectivity index (χ2v) is 5.24. The van der Waals surface area contributed by atoms with Gasteiger partial charge in [0.15, 0.2) is 0 Å². The first-order valence-electron chi connectivity index (χ1n) is 6.96. The van der Waals surface area contributed by atoms with Gasteiger partial charge in [-0.25, -0.2) is 0 Å². The van der Waals surface area contributed by atoms with Gasteiger partial charge in [0.25, 0.3) is 0 Å². The van der Waals surface area contributed by atoms with Crippen LogP contribution in [0.25, 0.3) is 10.8 Å². The lowest BCUT2D eigenvalue weighted by Gasteiger charge is -2.26. The number of benzene rings is 2. The van der Waals surface area contributed by atoms with E-state index in [1.54, 1.807) is 0 Å². The third kappa shape index (κ3) is 2.23. The molecule has 0 amide bonds. The molecule has 0 heterocycles. The molecule has 0 aromatic heterocycles. The second-order valence-electron chi connectivity index (χ2n) is 5.24. The first-order valence-corrected chi connectivity index (χ1v) is 6.96. The van der Waals surface area contributed by atoms with Gasteiger partial charge in [-0.2, -0.15) is 0 Å². The summed E-state index contributed by atoms with van der Waals surface area (Å²) >= 11 is 0. The molecule has 0 aliphatic heterocycles. The predicted molar refractivity (Wildman–Crippen MR) is 82.4 cm³/mol. The molecule has 1 saturated carbocycles. The van der Waals surface area contributed by atoms with Crippen LogP contribution in [0.2, 0.25) is 0 Å². The molecule has 0 bridgehead atoms. The zero-order valence-corrected chi connectivity index (χ0v) is 11.3. The molecular formula is C16H19N3O. The van der Waals surface area contributed by atoms with Crippen molar-refractivity contribution in [3.8, 4) is 0 Å². The highest BCUT2D eigenvalue weighted by atomic mass is 16.3. The van der Waals surface area contributed by atoms with Crippen molar-refractivity contribution in [3.05, 3.63) is 42.0 Å². The van der Waals surface area contributed by atoms with Gasteiger partial charge in [0.2, 0.25) is 0 Å². The number of nitrogen functional groups attached to an aromatic ring is 1. The fourth-order valence-corrected chi connectivity index (χ4v) is 2.76. The van der Waals surface area contributed by atoms with E-state index < -0.39 is 0 Å². The zero-order chi connectivity index (χ0) is 14.1. The molecule has 20 heavy (non-hydrogen) atoms. The number of nitrogens with one attached hydrogen (secondary N) is 1. The monoisotopic (exact) mass is 269 g/mol. The van der Waals surface area contributed by atoms with Crippen molar-refractivity contribution in [2.24, 2.45) is 5.73 Å². The lowest BCUT2D eigenvalue weighted by atomic mass is 10.0. The van der Waals surface area contributed by atoms with Gasteiger partial charge >= 0.3 is 0 Å². The van der Waals surface area contributed by atoms with E-state index in [9.17, 15) is 5.11 Å². The maximum Gasteiger partial charge on any atom is 0.123 e. The molecule has 0 atom stereocenters. The maximum absolute atomic E-state index is 9.29. The Labute approximate surface area is 118 Å².